The summed E-state index contributed by atoms with van der Waals surface area (Å²) in [4.78, 5) is 11.2. The molecule has 0 radical (unpaired) electrons. The molecule has 1 aromatic rings. The van der Waals surface area contributed by atoms with Gasteiger partial charge in [0.1, 0.15) is 5.75 Å². The normalized spacial score (nSPS) is 11.9. The Bertz CT molecular complexity index is 378. The van der Waals surface area contributed by atoms with Crippen LogP contribution in [0.2, 0.25) is 0 Å². The Morgan fingerprint density at radius 1 is 1.37 bits per heavy atom. The third-order valence-electron chi connectivity index (χ3n) is 2.45. The van der Waals surface area contributed by atoms with Crippen molar-refractivity contribution in [1.29, 1.82) is 0 Å². The van der Waals surface area contributed by atoms with Gasteiger partial charge in [0, 0.05) is 11.5 Å². The molecule has 1 rings (SSSR count). The number of carbonyl (C=O) groups is 1. The van der Waals surface area contributed by atoms with Gasteiger partial charge in [0.15, 0.2) is 0 Å². The van der Waals surface area contributed by atoms with Crippen molar-refractivity contribution in [3.8, 4) is 5.75 Å². The summed E-state index contributed by atoms with van der Waals surface area (Å²) in [7, 11) is 1.63. The monoisotopic (exact) mass is 284 g/mol. The van der Waals surface area contributed by atoms with Crippen LogP contribution in [0.25, 0.3) is 0 Å². The van der Waals surface area contributed by atoms with Gasteiger partial charge in [0.25, 0.3) is 0 Å². The predicted octanol–water partition coefficient (Wildman–Crippen LogP) is 2.24. The molecule has 0 aliphatic heterocycles. The molecule has 5 heteroatoms. The van der Waals surface area contributed by atoms with Gasteiger partial charge in [0.05, 0.1) is 26.2 Å². The number of carbonyl (C=O) groups excluding carboxylic acids is 1. The van der Waals surface area contributed by atoms with Gasteiger partial charge in [-0.2, -0.15) is 11.8 Å². The highest BCUT2D eigenvalue weighted by Gasteiger charge is 2.11. The molecule has 1 N–H and O–H groups in total. The van der Waals surface area contributed by atoms with Gasteiger partial charge in [-0.05, 0) is 24.6 Å². The molecule has 0 fully saturated rings. The van der Waals surface area contributed by atoms with Crippen molar-refractivity contribution in [1.82, 2.24) is 0 Å². The van der Waals surface area contributed by atoms with Crippen LogP contribution in [0.4, 0.5) is 0 Å². The van der Waals surface area contributed by atoms with Gasteiger partial charge in [0.2, 0.25) is 0 Å². The molecule has 1 aromatic carbocycles. The second-order valence-electron chi connectivity index (χ2n) is 4.03. The topological polar surface area (TPSA) is 55.8 Å². The number of thioether (sulfide) groups is 1. The summed E-state index contributed by atoms with van der Waals surface area (Å²) >= 11 is 1.59. The lowest BCUT2D eigenvalue weighted by atomic mass is 10.2. The molecule has 0 saturated carbocycles. The Balaban J connectivity index is 2.23. The molecular formula is C14H20O4S. The predicted molar refractivity (Wildman–Crippen MR) is 76.4 cm³/mol. The summed E-state index contributed by atoms with van der Waals surface area (Å²) in [5, 5.41) is 9.66. The second-order valence-corrected chi connectivity index (χ2v) is 5.06. The summed E-state index contributed by atoms with van der Waals surface area (Å²) in [6.07, 6.45) is -0.592. The lowest BCUT2D eigenvalue weighted by molar-refractivity contribution is -0.144. The fourth-order valence-electron chi connectivity index (χ4n) is 1.51. The van der Waals surface area contributed by atoms with E-state index in [-0.39, 0.29) is 12.4 Å². The second kappa shape index (κ2) is 8.82. The van der Waals surface area contributed by atoms with E-state index in [9.17, 15) is 9.90 Å². The largest absolute Gasteiger partial charge is 0.497 e. The molecule has 19 heavy (non-hydrogen) atoms. The van der Waals surface area contributed by atoms with E-state index < -0.39 is 6.10 Å². The summed E-state index contributed by atoms with van der Waals surface area (Å²) in [5.41, 5.74) is 1.16. The number of rotatable bonds is 8. The number of ether oxygens (including phenoxy) is 2. The average Bonchev–Trinajstić information content (AvgIpc) is 2.39. The number of aliphatic hydroxyl groups excluding tert-OH is 1. The summed E-state index contributed by atoms with van der Waals surface area (Å²) in [6.45, 7) is 2.10. The van der Waals surface area contributed by atoms with Crippen LogP contribution in [0.15, 0.2) is 24.3 Å². The SMILES string of the molecule is CCOC(=O)CC(O)CSCc1ccc(OC)cc1. The first kappa shape index (κ1) is 15.9. The van der Waals surface area contributed by atoms with E-state index in [2.05, 4.69) is 0 Å². The minimum Gasteiger partial charge on any atom is -0.497 e. The zero-order chi connectivity index (χ0) is 14.1. The smallest absolute Gasteiger partial charge is 0.308 e. The van der Waals surface area contributed by atoms with Crippen LogP contribution < -0.4 is 4.74 Å². The maximum Gasteiger partial charge on any atom is 0.308 e. The third-order valence-corrected chi connectivity index (χ3v) is 3.60. The fraction of sp³-hybridized carbons (Fsp3) is 0.500. The molecule has 1 atom stereocenters. The van der Waals surface area contributed by atoms with Crippen LogP contribution in [-0.2, 0) is 15.3 Å². The lowest BCUT2D eigenvalue weighted by Gasteiger charge is -2.09. The quantitative estimate of drug-likeness (QED) is 0.742. The molecule has 1 unspecified atom stereocenters. The number of benzene rings is 1. The molecule has 0 heterocycles. The number of hydrogen-bond acceptors (Lipinski definition) is 5. The first-order valence-electron chi connectivity index (χ1n) is 6.20. The van der Waals surface area contributed by atoms with Crippen molar-refractivity contribution >= 4 is 17.7 Å². The molecule has 0 aromatic heterocycles. The first-order valence-corrected chi connectivity index (χ1v) is 7.35. The van der Waals surface area contributed by atoms with Gasteiger partial charge in [-0.3, -0.25) is 4.79 Å². The van der Waals surface area contributed by atoms with Crippen molar-refractivity contribution < 1.29 is 19.4 Å². The van der Waals surface area contributed by atoms with Crippen molar-refractivity contribution in [3.63, 3.8) is 0 Å². The zero-order valence-electron chi connectivity index (χ0n) is 11.3. The summed E-state index contributed by atoms with van der Waals surface area (Å²) in [6, 6.07) is 7.79. The fourth-order valence-corrected chi connectivity index (χ4v) is 2.44. The van der Waals surface area contributed by atoms with E-state index in [1.165, 1.54) is 0 Å². The summed E-state index contributed by atoms with van der Waals surface area (Å²) in [5.74, 6) is 1.80. The van der Waals surface area contributed by atoms with Crippen molar-refractivity contribution in [2.75, 3.05) is 19.5 Å². The van der Waals surface area contributed by atoms with Crippen LogP contribution in [0.1, 0.15) is 18.9 Å². The lowest BCUT2D eigenvalue weighted by Crippen LogP contribution is -2.17. The van der Waals surface area contributed by atoms with Crippen LogP contribution in [0, 0.1) is 0 Å². The third kappa shape index (κ3) is 6.50. The number of aliphatic hydroxyl groups is 1. The van der Waals surface area contributed by atoms with Gasteiger partial charge >= 0.3 is 5.97 Å². The van der Waals surface area contributed by atoms with Crippen LogP contribution in [-0.4, -0.2) is 36.6 Å². The highest BCUT2D eigenvalue weighted by molar-refractivity contribution is 7.98. The Labute approximate surface area is 118 Å². The first-order chi connectivity index (χ1) is 9.15. The van der Waals surface area contributed by atoms with E-state index in [1.807, 2.05) is 24.3 Å². The van der Waals surface area contributed by atoms with Gasteiger partial charge in [-0.1, -0.05) is 12.1 Å². The molecular weight excluding hydrogens is 264 g/mol. The van der Waals surface area contributed by atoms with E-state index in [1.54, 1.807) is 25.8 Å². The number of esters is 1. The Kier molecular flexibility index (Phi) is 7.36. The Morgan fingerprint density at radius 2 is 2.05 bits per heavy atom. The molecule has 0 bridgehead atoms. The van der Waals surface area contributed by atoms with Crippen molar-refractivity contribution in [2.24, 2.45) is 0 Å². The van der Waals surface area contributed by atoms with Gasteiger partial charge in [-0.25, -0.2) is 0 Å². The van der Waals surface area contributed by atoms with Crippen LogP contribution in [0.3, 0.4) is 0 Å². The van der Waals surface area contributed by atoms with Crippen molar-refractivity contribution in [2.45, 2.75) is 25.2 Å². The van der Waals surface area contributed by atoms with E-state index in [4.69, 9.17) is 9.47 Å². The highest BCUT2D eigenvalue weighted by atomic mass is 32.2. The highest BCUT2D eigenvalue weighted by Crippen LogP contribution is 2.17. The molecule has 0 amide bonds. The molecule has 4 nitrogen and oxygen atoms in total. The van der Waals surface area contributed by atoms with Gasteiger partial charge in [-0.15, -0.1) is 0 Å². The van der Waals surface area contributed by atoms with E-state index in [0.29, 0.717) is 12.4 Å². The average molecular weight is 284 g/mol. The van der Waals surface area contributed by atoms with E-state index >= 15 is 0 Å². The van der Waals surface area contributed by atoms with Crippen LogP contribution in [0.5, 0.6) is 5.75 Å². The number of hydrogen-bond donors (Lipinski definition) is 1. The summed E-state index contributed by atoms with van der Waals surface area (Å²) < 4.78 is 9.86. The standard InChI is InChI=1S/C14H20O4S/c1-3-18-14(16)8-12(15)10-19-9-11-4-6-13(17-2)7-5-11/h4-7,12,15H,3,8-10H2,1-2H3. The van der Waals surface area contributed by atoms with Gasteiger partial charge < -0.3 is 14.6 Å². The number of methoxy groups -OCH3 is 1. The maximum absolute atomic E-state index is 11.2. The molecule has 106 valence electrons. The molecule has 0 aliphatic carbocycles. The molecule has 0 aliphatic rings. The van der Waals surface area contributed by atoms with Crippen molar-refractivity contribution in [3.05, 3.63) is 29.8 Å². The molecule has 0 spiro atoms. The Hall–Kier alpha value is -1.20. The van der Waals surface area contributed by atoms with Crippen LogP contribution >= 0.6 is 11.8 Å². The zero-order valence-corrected chi connectivity index (χ0v) is 12.1. The minimum atomic E-state index is -0.651. The van der Waals surface area contributed by atoms with E-state index in [0.717, 1.165) is 17.1 Å². The molecule has 0 saturated heterocycles. The maximum atomic E-state index is 11.2. The minimum absolute atomic E-state index is 0.0590. The Morgan fingerprint density at radius 3 is 2.63 bits per heavy atom.